The molecule has 0 unspecified atom stereocenters. The molecule has 0 radical (unpaired) electrons. The quantitative estimate of drug-likeness (QED) is 0.411. The molecule has 0 bridgehead atoms. The Morgan fingerprint density at radius 1 is 1.03 bits per heavy atom. The van der Waals surface area contributed by atoms with Gasteiger partial charge in [-0.2, -0.15) is 0 Å². The van der Waals surface area contributed by atoms with Crippen molar-refractivity contribution in [3.8, 4) is 5.75 Å². The Labute approximate surface area is 194 Å². The first-order valence-corrected chi connectivity index (χ1v) is 11.8. The maximum Gasteiger partial charge on any atom is 0.290 e. The summed E-state index contributed by atoms with van der Waals surface area (Å²) in [5, 5.41) is 10.9. The van der Waals surface area contributed by atoms with Crippen LogP contribution in [0.3, 0.4) is 0 Å². The highest BCUT2D eigenvalue weighted by Gasteiger charge is 2.41. The van der Waals surface area contributed by atoms with Gasteiger partial charge in [-0.25, -0.2) is 0 Å². The second-order valence-electron chi connectivity index (χ2n) is 7.20. The Morgan fingerprint density at radius 3 is 2.32 bits per heavy atom. The van der Waals surface area contributed by atoms with E-state index < -0.39 is 6.04 Å². The third-order valence-electron chi connectivity index (χ3n) is 5.42. The van der Waals surface area contributed by atoms with E-state index in [1.807, 2.05) is 79.1 Å². The van der Waals surface area contributed by atoms with Crippen molar-refractivity contribution in [2.45, 2.75) is 17.5 Å². The van der Waals surface area contributed by atoms with Crippen LogP contribution in [0.15, 0.2) is 87.9 Å². The van der Waals surface area contributed by atoms with Crippen LogP contribution in [0.5, 0.6) is 5.75 Å². The average Bonchev–Trinajstić information content (AvgIpc) is 3.05. The molecule has 0 spiro atoms. The van der Waals surface area contributed by atoms with Crippen molar-refractivity contribution in [1.29, 1.82) is 0 Å². The molecule has 31 heavy (non-hydrogen) atoms. The summed E-state index contributed by atoms with van der Waals surface area (Å²) in [5.41, 5.74) is 3.31. The number of halogens is 1. The van der Waals surface area contributed by atoms with Crippen LogP contribution in [0.4, 0.5) is 0 Å². The highest BCUT2D eigenvalue weighted by molar-refractivity contribution is 9.10. The molecule has 1 aliphatic rings. The molecule has 4 nitrogen and oxygen atoms in total. The zero-order valence-electron chi connectivity index (χ0n) is 17.2. The molecule has 0 saturated heterocycles. The summed E-state index contributed by atoms with van der Waals surface area (Å²) in [4.78, 5) is 16.1. The Hall–Kier alpha value is -2.70. The third-order valence-corrected chi connectivity index (χ3v) is 6.88. The zero-order chi connectivity index (χ0) is 22.0. The fraction of sp³-hybridized carbons (Fsp3) is 0.160. The Kier molecular flexibility index (Phi) is 6.39. The number of aliphatic hydroxyl groups excluding tert-OH is 1. The van der Waals surface area contributed by atoms with Crippen molar-refractivity contribution in [3.05, 3.63) is 99.7 Å². The van der Waals surface area contributed by atoms with Gasteiger partial charge in [-0.15, -0.1) is 11.8 Å². The van der Waals surface area contributed by atoms with Crippen LogP contribution in [0.1, 0.15) is 22.7 Å². The lowest BCUT2D eigenvalue weighted by Gasteiger charge is -2.28. The number of thioether (sulfide) groups is 1. The van der Waals surface area contributed by atoms with Crippen molar-refractivity contribution >= 4 is 39.2 Å². The van der Waals surface area contributed by atoms with Gasteiger partial charge in [0.15, 0.2) is 5.76 Å². The highest BCUT2D eigenvalue weighted by atomic mass is 79.9. The SMILES string of the molecule is COc1ccc(C2=C(O)C(=O)N(Cc3ccc(SC)cc3)[C@H]2c2ccccc2Br)cc1. The van der Waals surface area contributed by atoms with Crippen LogP contribution in [-0.2, 0) is 11.3 Å². The molecule has 158 valence electrons. The van der Waals surface area contributed by atoms with Gasteiger partial charge < -0.3 is 14.7 Å². The summed E-state index contributed by atoms with van der Waals surface area (Å²) < 4.78 is 6.15. The minimum absolute atomic E-state index is 0.216. The second kappa shape index (κ2) is 9.20. The van der Waals surface area contributed by atoms with E-state index in [2.05, 4.69) is 15.9 Å². The molecule has 0 fully saturated rings. The molecule has 0 saturated carbocycles. The van der Waals surface area contributed by atoms with Crippen LogP contribution < -0.4 is 4.74 Å². The van der Waals surface area contributed by atoms with E-state index in [-0.39, 0.29) is 11.7 Å². The van der Waals surface area contributed by atoms with Crippen LogP contribution in [0.2, 0.25) is 0 Å². The number of benzene rings is 3. The summed E-state index contributed by atoms with van der Waals surface area (Å²) in [7, 11) is 1.61. The van der Waals surface area contributed by atoms with Crippen LogP contribution in [0.25, 0.3) is 5.57 Å². The zero-order valence-corrected chi connectivity index (χ0v) is 19.6. The topological polar surface area (TPSA) is 49.8 Å². The van der Waals surface area contributed by atoms with Gasteiger partial charge in [0.1, 0.15) is 5.75 Å². The van der Waals surface area contributed by atoms with Crippen molar-refractivity contribution in [2.75, 3.05) is 13.4 Å². The minimum Gasteiger partial charge on any atom is -0.503 e. The number of hydrogen-bond donors (Lipinski definition) is 1. The first-order valence-electron chi connectivity index (χ1n) is 9.79. The Bertz CT molecular complexity index is 1130. The molecule has 1 amide bonds. The third kappa shape index (κ3) is 4.23. The summed E-state index contributed by atoms with van der Waals surface area (Å²) >= 11 is 5.31. The van der Waals surface area contributed by atoms with E-state index >= 15 is 0 Å². The number of rotatable bonds is 6. The first kappa shape index (κ1) is 21.5. The fourth-order valence-corrected chi connectivity index (χ4v) is 4.74. The second-order valence-corrected chi connectivity index (χ2v) is 8.93. The number of nitrogens with zero attached hydrogens (tertiary/aromatic N) is 1. The standard InChI is InChI=1S/C25H22BrNO3S/c1-30-18-11-9-17(10-12-18)22-23(20-5-3-4-6-21(20)26)27(25(29)24(22)28)15-16-7-13-19(31-2)14-8-16/h3-14,23,28H,15H2,1-2H3/t23-/m0/s1. The average molecular weight is 496 g/mol. The number of amides is 1. The minimum atomic E-state index is -0.420. The predicted octanol–water partition coefficient (Wildman–Crippen LogP) is 6.23. The molecule has 0 aliphatic carbocycles. The molecule has 6 heteroatoms. The van der Waals surface area contributed by atoms with Gasteiger partial charge in [-0.3, -0.25) is 4.79 Å². The van der Waals surface area contributed by atoms with Gasteiger partial charge >= 0.3 is 0 Å². The Balaban J connectivity index is 1.79. The van der Waals surface area contributed by atoms with Crippen molar-refractivity contribution in [2.24, 2.45) is 0 Å². The van der Waals surface area contributed by atoms with E-state index in [9.17, 15) is 9.90 Å². The van der Waals surface area contributed by atoms with E-state index in [0.29, 0.717) is 12.1 Å². The summed E-state index contributed by atoms with van der Waals surface area (Å²) in [6.45, 7) is 0.392. The number of carbonyl (C=O) groups excluding carboxylic acids is 1. The normalized spacial score (nSPS) is 16.2. The number of methoxy groups -OCH3 is 1. The summed E-state index contributed by atoms with van der Waals surface area (Å²) in [5.74, 6) is 0.128. The first-order chi connectivity index (χ1) is 15.0. The van der Waals surface area contributed by atoms with Crippen molar-refractivity contribution < 1.29 is 14.6 Å². The molecule has 3 aromatic rings. The molecule has 3 aromatic carbocycles. The number of hydrogen-bond acceptors (Lipinski definition) is 4. The summed E-state index contributed by atoms with van der Waals surface area (Å²) in [6.07, 6.45) is 2.03. The van der Waals surface area contributed by atoms with E-state index in [0.717, 1.165) is 26.9 Å². The van der Waals surface area contributed by atoms with E-state index in [1.54, 1.807) is 23.8 Å². The van der Waals surface area contributed by atoms with Gasteiger partial charge in [0, 0.05) is 21.5 Å². The molecule has 1 aliphatic heterocycles. The molecular formula is C25H22BrNO3S. The maximum atomic E-state index is 13.2. The van der Waals surface area contributed by atoms with Gasteiger partial charge in [0.25, 0.3) is 5.91 Å². The molecule has 1 heterocycles. The van der Waals surface area contributed by atoms with Crippen molar-refractivity contribution in [3.63, 3.8) is 0 Å². The van der Waals surface area contributed by atoms with Crippen molar-refractivity contribution in [1.82, 2.24) is 4.90 Å². The van der Waals surface area contributed by atoms with Gasteiger partial charge in [-0.05, 0) is 53.3 Å². The lowest BCUT2D eigenvalue weighted by atomic mass is 9.93. The largest absolute Gasteiger partial charge is 0.503 e. The molecule has 0 aromatic heterocycles. The van der Waals surface area contributed by atoms with Crippen LogP contribution in [-0.4, -0.2) is 29.3 Å². The lowest BCUT2D eigenvalue weighted by Crippen LogP contribution is -2.30. The number of aliphatic hydroxyl groups is 1. The number of carbonyl (C=O) groups is 1. The maximum absolute atomic E-state index is 13.2. The molecule has 1 atom stereocenters. The van der Waals surface area contributed by atoms with E-state index in [1.165, 1.54) is 4.90 Å². The van der Waals surface area contributed by atoms with Gasteiger partial charge in [0.2, 0.25) is 0 Å². The van der Waals surface area contributed by atoms with Gasteiger partial charge in [0.05, 0.1) is 13.2 Å². The molecular weight excluding hydrogens is 474 g/mol. The van der Waals surface area contributed by atoms with Crippen LogP contribution in [0, 0.1) is 0 Å². The van der Waals surface area contributed by atoms with Crippen LogP contribution >= 0.6 is 27.7 Å². The van der Waals surface area contributed by atoms with Gasteiger partial charge in [-0.1, -0.05) is 58.4 Å². The molecule has 1 N–H and O–H groups in total. The van der Waals surface area contributed by atoms with E-state index in [4.69, 9.17) is 4.74 Å². The lowest BCUT2D eigenvalue weighted by molar-refractivity contribution is -0.130. The fourth-order valence-electron chi connectivity index (χ4n) is 3.83. The smallest absolute Gasteiger partial charge is 0.290 e. The predicted molar refractivity (Wildman–Crippen MR) is 128 cm³/mol. The summed E-state index contributed by atoms with van der Waals surface area (Å²) in [6, 6.07) is 23.0. The Morgan fingerprint density at radius 2 is 1.71 bits per heavy atom. The molecule has 4 rings (SSSR count). The highest BCUT2D eigenvalue weighted by Crippen LogP contribution is 2.45. The number of ether oxygens (including phenoxy) is 1. The monoisotopic (exact) mass is 495 g/mol.